The van der Waals surface area contributed by atoms with Gasteiger partial charge in [0.05, 0.1) is 0 Å². The van der Waals surface area contributed by atoms with Crippen molar-refractivity contribution in [2.75, 3.05) is 0 Å². The number of carboxylic acids is 1. The molecule has 5 rings (SSSR count). The van der Waals surface area contributed by atoms with Crippen molar-refractivity contribution in [3.05, 3.63) is 111 Å². The number of tetrazole rings is 1. The number of carboxylic acid groups (broad SMARTS) is 1. The number of rotatable bonds is 12. The molecule has 0 saturated carbocycles. The highest BCUT2D eigenvalue weighted by Gasteiger charge is 2.22. The van der Waals surface area contributed by atoms with E-state index >= 15 is 0 Å². The van der Waals surface area contributed by atoms with E-state index < -0.39 is 23.8 Å². The molecule has 45 heavy (non-hydrogen) atoms. The van der Waals surface area contributed by atoms with Crippen LogP contribution in [-0.4, -0.2) is 52.0 Å². The zero-order chi connectivity index (χ0) is 31.9. The fourth-order valence-electron chi connectivity index (χ4n) is 4.65. The Balaban J connectivity index is 1.36. The molecule has 0 fully saturated rings. The number of imidazole rings is 1. The van der Waals surface area contributed by atoms with Crippen molar-refractivity contribution in [3.8, 4) is 28.3 Å². The average molecular weight is 632 g/mol. The zero-order valence-corrected chi connectivity index (χ0v) is 24.6. The fraction of sp³-hybridized carbons (Fsp3) is 0.200. The number of para-hydroxylation sites is 1. The predicted octanol–water partition coefficient (Wildman–Crippen LogP) is 5.70. The van der Waals surface area contributed by atoms with E-state index in [4.69, 9.17) is 16.3 Å². The van der Waals surface area contributed by atoms with E-state index in [1.165, 1.54) is 12.1 Å². The van der Waals surface area contributed by atoms with Crippen molar-refractivity contribution >= 4 is 23.7 Å². The Morgan fingerprint density at radius 1 is 1.02 bits per heavy atom. The van der Waals surface area contributed by atoms with Gasteiger partial charge in [0.2, 0.25) is 5.82 Å². The van der Waals surface area contributed by atoms with Crippen LogP contribution in [0.1, 0.15) is 47.2 Å². The van der Waals surface area contributed by atoms with Crippen LogP contribution in [0.4, 0.5) is 4.79 Å². The van der Waals surface area contributed by atoms with Crippen molar-refractivity contribution in [1.29, 1.82) is 0 Å². The van der Waals surface area contributed by atoms with Gasteiger partial charge in [0.15, 0.2) is 10.8 Å². The number of nitrogens with zero attached hydrogens (tertiary/aromatic N) is 7. The fourth-order valence-corrected chi connectivity index (χ4v) is 4.93. The Morgan fingerprint density at radius 2 is 1.73 bits per heavy atom. The lowest BCUT2D eigenvalue weighted by molar-refractivity contribution is -0.763. The van der Waals surface area contributed by atoms with Crippen molar-refractivity contribution in [2.24, 2.45) is 0 Å². The Bertz CT molecular complexity index is 1850. The smallest absolute Gasteiger partial charge is 0.459 e. The van der Waals surface area contributed by atoms with E-state index in [0.717, 1.165) is 29.5 Å². The third kappa shape index (κ3) is 7.13. The summed E-state index contributed by atoms with van der Waals surface area (Å²) in [4.78, 5) is 44.7. The Hall–Kier alpha value is -5.63. The minimum atomic E-state index is -1.14. The molecule has 5 aromatic rings. The molecule has 0 unspecified atom stereocenters. The number of ether oxygens (including phenoxy) is 1. The highest BCUT2D eigenvalue weighted by Crippen LogP contribution is 2.30. The quantitative estimate of drug-likeness (QED) is 0.132. The molecule has 15 heteroatoms. The van der Waals surface area contributed by atoms with Gasteiger partial charge in [-0.05, 0) is 34.4 Å². The molecule has 2 aromatic heterocycles. The van der Waals surface area contributed by atoms with Crippen LogP contribution in [0.25, 0.3) is 22.5 Å². The second kappa shape index (κ2) is 13.8. The summed E-state index contributed by atoms with van der Waals surface area (Å²) in [6, 6.07) is 21.1. The number of halogens is 1. The lowest BCUT2D eigenvalue weighted by atomic mass is 9.98. The van der Waals surface area contributed by atoms with Crippen LogP contribution in [0.15, 0.2) is 72.8 Å². The summed E-state index contributed by atoms with van der Waals surface area (Å²) in [6.45, 7) is 1.92. The summed E-state index contributed by atoms with van der Waals surface area (Å²) in [6.07, 6.45) is 1.42. The van der Waals surface area contributed by atoms with Crippen LogP contribution in [-0.2, 0) is 24.4 Å². The molecular weight excluding hydrogens is 606 g/mol. The number of hydrogen-bond acceptors (Lipinski definition) is 10. The molecule has 0 amide bonds. The molecule has 14 nitrogen and oxygen atoms in total. The Morgan fingerprint density at radius 3 is 2.44 bits per heavy atom. The SMILES string of the molecule is CCCCc1nc(Cl)c(C(=O)O)n1Cc1ccc(-c2ccccc2-c2nnn(C(=O)Oc3ccccc3CO[N+](=O)[O-])n2)cc1. The van der Waals surface area contributed by atoms with Gasteiger partial charge in [-0.1, -0.05) is 96.5 Å². The number of carbonyl (C=O) groups excluding carboxylic acids is 1. The van der Waals surface area contributed by atoms with E-state index in [1.807, 2.05) is 43.3 Å². The largest absolute Gasteiger partial charge is 0.476 e. The molecule has 0 aliphatic carbocycles. The van der Waals surface area contributed by atoms with Crippen molar-refractivity contribution in [3.63, 3.8) is 0 Å². The predicted molar refractivity (Wildman–Crippen MR) is 160 cm³/mol. The zero-order valence-electron chi connectivity index (χ0n) is 23.9. The number of aryl methyl sites for hydroxylation is 1. The van der Waals surface area contributed by atoms with Crippen LogP contribution in [0, 0.1) is 10.1 Å². The summed E-state index contributed by atoms with van der Waals surface area (Å²) >= 11 is 6.18. The maximum atomic E-state index is 12.8. The summed E-state index contributed by atoms with van der Waals surface area (Å²) < 4.78 is 6.99. The maximum absolute atomic E-state index is 12.8. The average Bonchev–Trinajstić information content (AvgIpc) is 3.65. The number of aromatic carboxylic acids is 1. The molecular formula is C30H26ClN7O7. The van der Waals surface area contributed by atoms with Gasteiger partial charge in [0, 0.05) is 24.1 Å². The van der Waals surface area contributed by atoms with E-state index in [1.54, 1.807) is 28.8 Å². The van der Waals surface area contributed by atoms with Gasteiger partial charge in [0.1, 0.15) is 18.2 Å². The highest BCUT2D eigenvalue weighted by atomic mass is 35.5. The van der Waals surface area contributed by atoms with Gasteiger partial charge in [-0.3, -0.25) is 0 Å². The van der Waals surface area contributed by atoms with Gasteiger partial charge >= 0.3 is 12.1 Å². The molecule has 0 aliphatic rings. The van der Waals surface area contributed by atoms with Crippen molar-refractivity contribution in [1.82, 2.24) is 29.8 Å². The minimum Gasteiger partial charge on any atom is -0.476 e. The van der Waals surface area contributed by atoms with Gasteiger partial charge in [-0.15, -0.1) is 20.3 Å². The Labute approximate surface area is 260 Å². The summed E-state index contributed by atoms with van der Waals surface area (Å²) in [5.74, 6) is -0.307. The van der Waals surface area contributed by atoms with Crippen molar-refractivity contribution < 1.29 is 29.4 Å². The summed E-state index contributed by atoms with van der Waals surface area (Å²) in [7, 11) is 0. The topological polar surface area (TPSA) is 177 Å². The molecule has 0 aliphatic heterocycles. The lowest BCUT2D eigenvalue weighted by Crippen LogP contribution is -2.20. The monoisotopic (exact) mass is 631 g/mol. The Kier molecular flexibility index (Phi) is 9.43. The van der Waals surface area contributed by atoms with E-state index in [2.05, 4.69) is 25.2 Å². The van der Waals surface area contributed by atoms with Gasteiger partial charge in [-0.2, -0.15) is 0 Å². The first-order valence-electron chi connectivity index (χ1n) is 13.8. The summed E-state index contributed by atoms with van der Waals surface area (Å²) in [5.41, 5.74) is 3.27. The van der Waals surface area contributed by atoms with E-state index in [-0.39, 0.29) is 34.5 Å². The second-order valence-electron chi connectivity index (χ2n) is 9.78. The number of carbonyl (C=O) groups is 2. The maximum Gasteiger partial charge on any atom is 0.459 e. The number of aromatic nitrogens is 6. The minimum absolute atomic E-state index is 0.0309. The van der Waals surface area contributed by atoms with Gasteiger partial charge in [0.25, 0.3) is 5.09 Å². The van der Waals surface area contributed by atoms with Crippen molar-refractivity contribution in [2.45, 2.75) is 39.3 Å². The molecule has 230 valence electrons. The first kappa shape index (κ1) is 30.8. The van der Waals surface area contributed by atoms with Gasteiger partial charge < -0.3 is 19.2 Å². The summed E-state index contributed by atoms with van der Waals surface area (Å²) in [5, 5.41) is 31.4. The number of benzene rings is 3. The molecule has 2 heterocycles. The van der Waals surface area contributed by atoms with Crippen LogP contribution < -0.4 is 4.74 Å². The number of unbranched alkanes of at least 4 members (excludes halogenated alkanes) is 1. The first-order chi connectivity index (χ1) is 21.7. The van der Waals surface area contributed by atoms with Crippen LogP contribution in [0.5, 0.6) is 5.75 Å². The normalized spacial score (nSPS) is 10.9. The molecule has 0 atom stereocenters. The molecule has 0 spiro atoms. The molecule has 0 radical (unpaired) electrons. The third-order valence-corrected chi connectivity index (χ3v) is 7.07. The number of hydrogen-bond donors (Lipinski definition) is 1. The molecule has 0 bridgehead atoms. The van der Waals surface area contributed by atoms with Crippen LogP contribution in [0.3, 0.4) is 0 Å². The van der Waals surface area contributed by atoms with E-state index in [9.17, 15) is 24.8 Å². The highest BCUT2D eigenvalue weighted by molar-refractivity contribution is 6.32. The van der Waals surface area contributed by atoms with Crippen LogP contribution >= 0.6 is 11.6 Å². The lowest BCUT2D eigenvalue weighted by Gasteiger charge is -2.12. The van der Waals surface area contributed by atoms with Crippen LogP contribution in [0.2, 0.25) is 5.15 Å². The second-order valence-corrected chi connectivity index (χ2v) is 10.1. The van der Waals surface area contributed by atoms with E-state index in [0.29, 0.717) is 22.6 Å². The first-order valence-corrected chi connectivity index (χ1v) is 14.2. The molecule has 0 saturated heterocycles. The standard InChI is InChI=1S/C30H26ClN7O7/c1-2-3-12-25-32-27(31)26(29(39)40)36(25)17-19-13-15-20(16-14-19)22-9-5-6-10-23(22)28-33-35-37(34-28)30(41)45-24-11-7-4-8-21(24)18-44-38(42)43/h4-11,13-16H,2-3,12,17-18H2,1H3,(H,39,40). The van der Waals surface area contributed by atoms with Gasteiger partial charge in [-0.25, -0.2) is 14.6 Å². The molecule has 1 N–H and O–H groups in total. The molecule has 3 aromatic carbocycles. The third-order valence-electron chi connectivity index (χ3n) is 6.81.